The van der Waals surface area contributed by atoms with Crippen LogP contribution in [-0.4, -0.2) is 62.1 Å². The van der Waals surface area contributed by atoms with Crippen LogP contribution in [0.1, 0.15) is 27.0 Å². The lowest BCUT2D eigenvalue weighted by atomic mass is 10.0. The summed E-state index contributed by atoms with van der Waals surface area (Å²) in [6.07, 6.45) is 0. The molecule has 5 nitrogen and oxygen atoms in total. The quantitative estimate of drug-likeness (QED) is 0.725. The van der Waals surface area contributed by atoms with E-state index < -0.39 is 0 Å². The molecule has 6 heteroatoms. The summed E-state index contributed by atoms with van der Waals surface area (Å²) in [7, 11) is 1.75. The zero-order valence-corrected chi connectivity index (χ0v) is 17.9. The highest BCUT2D eigenvalue weighted by atomic mass is 35.5. The van der Waals surface area contributed by atoms with E-state index in [0.29, 0.717) is 18.1 Å². The Morgan fingerprint density at radius 2 is 1.79 bits per heavy atom. The Labute approximate surface area is 177 Å². The molecule has 0 saturated carbocycles. The van der Waals surface area contributed by atoms with E-state index in [1.165, 1.54) is 5.69 Å². The maximum Gasteiger partial charge on any atom is 0.255 e. The Morgan fingerprint density at radius 3 is 2.48 bits per heavy atom. The summed E-state index contributed by atoms with van der Waals surface area (Å²) in [5.41, 5.74) is 5.42. The third kappa shape index (κ3) is 4.42. The Bertz CT molecular complexity index is 876. The van der Waals surface area contributed by atoms with Crippen molar-refractivity contribution in [3.63, 3.8) is 0 Å². The minimum absolute atomic E-state index is 0.128. The molecule has 0 bridgehead atoms. The van der Waals surface area contributed by atoms with E-state index in [-0.39, 0.29) is 5.91 Å². The number of aryl methyl sites for hydroxylation is 1. The number of benzene rings is 2. The van der Waals surface area contributed by atoms with Gasteiger partial charge in [0.1, 0.15) is 0 Å². The van der Waals surface area contributed by atoms with Crippen LogP contribution in [0.25, 0.3) is 0 Å². The third-order valence-electron chi connectivity index (χ3n) is 5.90. The van der Waals surface area contributed by atoms with Gasteiger partial charge in [-0.05, 0) is 47.9 Å². The number of fused-ring (bicyclic) bond motifs is 1. The van der Waals surface area contributed by atoms with Crippen LogP contribution in [0, 0.1) is 6.92 Å². The lowest BCUT2D eigenvalue weighted by molar-refractivity contribution is 0.0766. The molecule has 0 spiro atoms. The van der Waals surface area contributed by atoms with Crippen molar-refractivity contribution in [2.45, 2.75) is 20.0 Å². The number of piperazine rings is 1. The van der Waals surface area contributed by atoms with Gasteiger partial charge >= 0.3 is 0 Å². The van der Waals surface area contributed by atoms with Gasteiger partial charge in [-0.1, -0.05) is 23.7 Å². The number of halogens is 1. The lowest BCUT2D eigenvalue weighted by Crippen LogP contribution is -2.47. The van der Waals surface area contributed by atoms with E-state index in [4.69, 9.17) is 16.3 Å². The second kappa shape index (κ2) is 8.74. The van der Waals surface area contributed by atoms with Gasteiger partial charge in [-0.2, -0.15) is 0 Å². The average Bonchev–Trinajstić information content (AvgIpc) is 3.04. The first-order chi connectivity index (χ1) is 14.0. The fourth-order valence-corrected chi connectivity index (χ4v) is 4.40. The number of methoxy groups -OCH3 is 1. The van der Waals surface area contributed by atoms with Crippen LogP contribution in [0.3, 0.4) is 0 Å². The Morgan fingerprint density at radius 1 is 1.07 bits per heavy atom. The summed E-state index contributed by atoms with van der Waals surface area (Å²) in [5, 5.41) is 0.715. The largest absolute Gasteiger partial charge is 0.383 e. The maximum atomic E-state index is 13.0. The van der Waals surface area contributed by atoms with Crippen molar-refractivity contribution in [3.05, 3.63) is 63.7 Å². The number of amides is 1. The number of carbonyl (C=O) groups excluding carboxylic acids is 1. The minimum atomic E-state index is 0.128. The van der Waals surface area contributed by atoms with E-state index in [2.05, 4.69) is 28.9 Å². The summed E-state index contributed by atoms with van der Waals surface area (Å²) in [6, 6.07) is 12.1. The molecule has 2 heterocycles. The fourth-order valence-electron chi connectivity index (χ4n) is 4.28. The molecule has 1 saturated heterocycles. The van der Waals surface area contributed by atoms with Crippen LogP contribution in [0.4, 0.5) is 5.69 Å². The molecule has 0 radical (unpaired) electrons. The van der Waals surface area contributed by atoms with Gasteiger partial charge in [0.25, 0.3) is 5.91 Å². The van der Waals surface area contributed by atoms with Crippen LogP contribution in [-0.2, 0) is 17.8 Å². The predicted octanol–water partition coefficient (Wildman–Crippen LogP) is 3.57. The van der Waals surface area contributed by atoms with E-state index in [0.717, 1.165) is 61.6 Å². The highest BCUT2D eigenvalue weighted by Crippen LogP contribution is 2.32. The second-order valence-electron chi connectivity index (χ2n) is 7.91. The molecule has 0 N–H and O–H groups in total. The lowest BCUT2D eigenvalue weighted by Gasteiger charge is -2.36. The second-order valence-corrected chi connectivity index (χ2v) is 8.34. The highest BCUT2D eigenvalue weighted by molar-refractivity contribution is 6.30. The predicted molar refractivity (Wildman–Crippen MR) is 117 cm³/mol. The molecule has 0 unspecified atom stereocenters. The minimum Gasteiger partial charge on any atom is -0.383 e. The van der Waals surface area contributed by atoms with Gasteiger partial charge in [-0.3, -0.25) is 9.69 Å². The first kappa shape index (κ1) is 20.2. The summed E-state index contributed by atoms with van der Waals surface area (Å²) in [4.78, 5) is 19.8. The standard InChI is InChI=1S/C23H28ClN3O2/c1-17-13-21(26-9-7-25(8-10-26)11-12-29-2)14-19-16-27(23(28)22(17)19)15-18-3-5-20(24)6-4-18/h3-6,13-14H,7-12,15-16H2,1-2H3. The van der Waals surface area contributed by atoms with E-state index in [1.54, 1.807) is 7.11 Å². The summed E-state index contributed by atoms with van der Waals surface area (Å²) in [6.45, 7) is 9.19. The van der Waals surface area contributed by atoms with E-state index in [9.17, 15) is 4.79 Å². The van der Waals surface area contributed by atoms with Crippen molar-refractivity contribution >= 4 is 23.2 Å². The molecule has 1 amide bonds. The summed E-state index contributed by atoms with van der Waals surface area (Å²) < 4.78 is 5.19. The number of hydrogen-bond acceptors (Lipinski definition) is 4. The van der Waals surface area contributed by atoms with Crippen LogP contribution in [0.15, 0.2) is 36.4 Å². The van der Waals surface area contributed by atoms with Crippen LogP contribution in [0.5, 0.6) is 0 Å². The van der Waals surface area contributed by atoms with Gasteiger partial charge < -0.3 is 14.5 Å². The molecule has 1 fully saturated rings. The molecule has 0 aromatic heterocycles. The molecular formula is C23H28ClN3O2. The van der Waals surface area contributed by atoms with Gasteiger partial charge in [-0.15, -0.1) is 0 Å². The number of anilines is 1. The fraction of sp³-hybridized carbons (Fsp3) is 0.435. The van der Waals surface area contributed by atoms with Crippen molar-refractivity contribution in [2.75, 3.05) is 51.3 Å². The molecule has 2 aliphatic heterocycles. The van der Waals surface area contributed by atoms with E-state index >= 15 is 0 Å². The summed E-state index contributed by atoms with van der Waals surface area (Å²) >= 11 is 5.98. The maximum absolute atomic E-state index is 13.0. The molecule has 0 aliphatic carbocycles. The number of carbonyl (C=O) groups is 1. The van der Waals surface area contributed by atoms with Crippen molar-refractivity contribution < 1.29 is 9.53 Å². The van der Waals surface area contributed by atoms with Gasteiger partial charge in [0.15, 0.2) is 0 Å². The molecular weight excluding hydrogens is 386 g/mol. The number of hydrogen-bond donors (Lipinski definition) is 0. The first-order valence-electron chi connectivity index (χ1n) is 10.2. The highest BCUT2D eigenvalue weighted by Gasteiger charge is 2.30. The smallest absolute Gasteiger partial charge is 0.255 e. The zero-order chi connectivity index (χ0) is 20.4. The van der Waals surface area contributed by atoms with Crippen molar-refractivity contribution in [1.29, 1.82) is 0 Å². The molecule has 0 atom stereocenters. The number of ether oxygens (including phenoxy) is 1. The van der Waals surface area contributed by atoms with Gasteiger partial charge in [0, 0.05) is 69.2 Å². The molecule has 4 rings (SSSR count). The molecule has 2 aliphatic rings. The van der Waals surface area contributed by atoms with E-state index in [1.807, 2.05) is 29.2 Å². The Hall–Kier alpha value is -2.08. The third-order valence-corrected chi connectivity index (χ3v) is 6.15. The molecule has 29 heavy (non-hydrogen) atoms. The molecule has 154 valence electrons. The molecule has 2 aromatic rings. The van der Waals surface area contributed by atoms with Crippen molar-refractivity contribution in [1.82, 2.24) is 9.80 Å². The van der Waals surface area contributed by atoms with Crippen LogP contribution in [0.2, 0.25) is 5.02 Å². The van der Waals surface area contributed by atoms with Crippen LogP contribution < -0.4 is 4.90 Å². The monoisotopic (exact) mass is 413 g/mol. The Balaban J connectivity index is 1.46. The van der Waals surface area contributed by atoms with Crippen LogP contribution >= 0.6 is 11.6 Å². The van der Waals surface area contributed by atoms with Gasteiger partial charge in [0.05, 0.1) is 6.61 Å². The number of rotatable bonds is 6. The zero-order valence-electron chi connectivity index (χ0n) is 17.2. The van der Waals surface area contributed by atoms with Gasteiger partial charge in [0.2, 0.25) is 0 Å². The van der Waals surface area contributed by atoms with Crippen molar-refractivity contribution in [2.24, 2.45) is 0 Å². The van der Waals surface area contributed by atoms with Gasteiger partial charge in [-0.25, -0.2) is 0 Å². The average molecular weight is 414 g/mol. The van der Waals surface area contributed by atoms with Crippen molar-refractivity contribution in [3.8, 4) is 0 Å². The first-order valence-corrected chi connectivity index (χ1v) is 10.6. The molecule has 2 aromatic carbocycles. The summed E-state index contributed by atoms with van der Waals surface area (Å²) in [5.74, 6) is 0.128. The number of nitrogens with zero attached hydrogens (tertiary/aromatic N) is 3. The normalized spacial score (nSPS) is 17.1. The topological polar surface area (TPSA) is 36.0 Å². The Kier molecular flexibility index (Phi) is 6.09. The SMILES string of the molecule is COCCN1CCN(c2cc(C)c3c(c2)CN(Cc2ccc(Cl)cc2)C3=O)CC1.